The zero-order valence-corrected chi connectivity index (χ0v) is 6.97. The Balaban J connectivity index is 2.20. The van der Waals surface area contributed by atoms with Crippen LogP contribution in [0.15, 0.2) is 12.4 Å². The Hall–Kier alpha value is -1.32. The van der Waals surface area contributed by atoms with Gasteiger partial charge in [0.05, 0.1) is 11.9 Å². The van der Waals surface area contributed by atoms with Crippen LogP contribution in [0.2, 0.25) is 0 Å². The number of carbonyl (C=O) groups excluding carboxylic acids is 1. The van der Waals surface area contributed by atoms with Crippen molar-refractivity contribution in [2.45, 2.75) is 18.9 Å². The standard InChI is InChI=1S/C8H11N3O/c1-10-5-8(4-9-10)11(6-12)7-2-3-7/h4-7H,2-3H2,1H3. The van der Waals surface area contributed by atoms with Gasteiger partial charge in [-0.1, -0.05) is 0 Å². The van der Waals surface area contributed by atoms with Gasteiger partial charge in [-0.3, -0.25) is 9.48 Å². The monoisotopic (exact) mass is 165 g/mol. The van der Waals surface area contributed by atoms with Crippen LogP contribution in [0.3, 0.4) is 0 Å². The largest absolute Gasteiger partial charge is 0.309 e. The minimum absolute atomic E-state index is 0.423. The normalized spacial score (nSPS) is 16.1. The molecule has 0 N–H and O–H groups in total. The minimum Gasteiger partial charge on any atom is -0.309 e. The van der Waals surface area contributed by atoms with Crippen molar-refractivity contribution >= 4 is 12.1 Å². The first-order chi connectivity index (χ1) is 5.81. The molecule has 1 heterocycles. The number of hydrogen-bond acceptors (Lipinski definition) is 2. The summed E-state index contributed by atoms with van der Waals surface area (Å²) in [5.74, 6) is 0. The van der Waals surface area contributed by atoms with Crippen LogP contribution >= 0.6 is 0 Å². The fourth-order valence-electron chi connectivity index (χ4n) is 1.25. The lowest BCUT2D eigenvalue weighted by atomic mass is 10.4. The number of anilines is 1. The molecule has 1 aliphatic rings. The number of rotatable bonds is 3. The van der Waals surface area contributed by atoms with Crippen LogP contribution in [0, 0.1) is 0 Å². The molecule has 64 valence electrons. The van der Waals surface area contributed by atoms with Gasteiger partial charge in [0.2, 0.25) is 6.41 Å². The summed E-state index contributed by atoms with van der Waals surface area (Å²) < 4.78 is 1.70. The van der Waals surface area contributed by atoms with E-state index in [1.807, 2.05) is 13.2 Å². The maximum atomic E-state index is 10.7. The van der Waals surface area contributed by atoms with E-state index >= 15 is 0 Å². The van der Waals surface area contributed by atoms with E-state index in [0.29, 0.717) is 6.04 Å². The summed E-state index contributed by atoms with van der Waals surface area (Å²) in [5.41, 5.74) is 0.898. The number of aromatic nitrogens is 2. The highest BCUT2D eigenvalue weighted by atomic mass is 16.1. The van der Waals surface area contributed by atoms with Crippen LogP contribution in [0.25, 0.3) is 0 Å². The van der Waals surface area contributed by atoms with Crippen molar-refractivity contribution in [1.29, 1.82) is 0 Å². The van der Waals surface area contributed by atoms with Crippen LogP contribution in [0.1, 0.15) is 12.8 Å². The van der Waals surface area contributed by atoms with Crippen LogP contribution in [0.4, 0.5) is 5.69 Å². The summed E-state index contributed by atoms with van der Waals surface area (Å²) in [4.78, 5) is 12.4. The zero-order valence-electron chi connectivity index (χ0n) is 6.97. The second-order valence-corrected chi connectivity index (χ2v) is 3.12. The van der Waals surface area contributed by atoms with Crippen LogP contribution < -0.4 is 4.90 Å². The number of amides is 1. The van der Waals surface area contributed by atoms with Crippen molar-refractivity contribution in [3.63, 3.8) is 0 Å². The summed E-state index contributed by atoms with van der Waals surface area (Å²) in [6, 6.07) is 0.423. The summed E-state index contributed by atoms with van der Waals surface area (Å²) in [6.45, 7) is 0. The highest BCUT2D eigenvalue weighted by Gasteiger charge is 2.29. The Morgan fingerprint density at radius 1 is 1.75 bits per heavy atom. The molecular weight excluding hydrogens is 154 g/mol. The summed E-state index contributed by atoms with van der Waals surface area (Å²) in [7, 11) is 1.85. The number of aryl methyl sites for hydroxylation is 1. The number of nitrogens with zero attached hydrogens (tertiary/aromatic N) is 3. The van der Waals surface area contributed by atoms with E-state index in [1.54, 1.807) is 15.8 Å². The molecular formula is C8H11N3O. The molecule has 0 atom stereocenters. The maximum Gasteiger partial charge on any atom is 0.214 e. The highest BCUT2D eigenvalue weighted by molar-refractivity contribution is 5.75. The van der Waals surface area contributed by atoms with Gasteiger partial charge >= 0.3 is 0 Å². The van der Waals surface area contributed by atoms with Gasteiger partial charge in [0.25, 0.3) is 0 Å². The quantitative estimate of drug-likeness (QED) is 0.613. The Bertz CT molecular complexity index is 290. The molecule has 0 saturated heterocycles. The molecule has 0 aliphatic heterocycles. The van der Waals surface area contributed by atoms with Crippen molar-refractivity contribution in [3.8, 4) is 0 Å². The highest BCUT2D eigenvalue weighted by Crippen LogP contribution is 2.29. The van der Waals surface area contributed by atoms with Gasteiger partial charge in [0.15, 0.2) is 0 Å². The molecule has 4 heteroatoms. The second-order valence-electron chi connectivity index (χ2n) is 3.12. The van der Waals surface area contributed by atoms with Gasteiger partial charge in [-0.05, 0) is 12.8 Å². The molecule has 0 spiro atoms. The van der Waals surface area contributed by atoms with E-state index in [1.165, 1.54) is 0 Å². The van der Waals surface area contributed by atoms with Gasteiger partial charge in [-0.15, -0.1) is 0 Å². The van der Waals surface area contributed by atoms with E-state index in [-0.39, 0.29) is 0 Å². The van der Waals surface area contributed by atoms with Gasteiger partial charge in [-0.25, -0.2) is 0 Å². The molecule has 0 aromatic carbocycles. The Morgan fingerprint density at radius 2 is 2.50 bits per heavy atom. The molecule has 1 aromatic rings. The third-order valence-electron chi connectivity index (χ3n) is 2.04. The van der Waals surface area contributed by atoms with Crippen LogP contribution in [-0.4, -0.2) is 22.2 Å². The molecule has 4 nitrogen and oxygen atoms in total. The Labute approximate surface area is 70.8 Å². The van der Waals surface area contributed by atoms with E-state index in [0.717, 1.165) is 24.9 Å². The first kappa shape index (κ1) is 7.34. The molecule has 0 radical (unpaired) electrons. The van der Waals surface area contributed by atoms with Crippen molar-refractivity contribution < 1.29 is 4.79 Å². The van der Waals surface area contributed by atoms with Gasteiger partial charge < -0.3 is 4.90 Å². The number of hydrogen-bond donors (Lipinski definition) is 0. The SMILES string of the molecule is Cn1cc(N(C=O)C2CC2)cn1. The third kappa shape index (κ3) is 1.20. The van der Waals surface area contributed by atoms with Crippen molar-refractivity contribution in [2.24, 2.45) is 7.05 Å². The first-order valence-corrected chi connectivity index (χ1v) is 4.03. The zero-order chi connectivity index (χ0) is 8.55. The molecule has 12 heavy (non-hydrogen) atoms. The molecule has 0 bridgehead atoms. The van der Waals surface area contributed by atoms with Crippen molar-refractivity contribution in [2.75, 3.05) is 4.90 Å². The van der Waals surface area contributed by atoms with E-state index in [2.05, 4.69) is 5.10 Å². The van der Waals surface area contributed by atoms with Gasteiger partial charge in [0.1, 0.15) is 0 Å². The molecule has 1 fully saturated rings. The lowest BCUT2D eigenvalue weighted by Crippen LogP contribution is -2.22. The van der Waals surface area contributed by atoms with Crippen LogP contribution in [0.5, 0.6) is 0 Å². The topological polar surface area (TPSA) is 38.1 Å². The smallest absolute Gasteiger partial charge is 0.214 e. The minimum atomic E-state index is 0.423. The Morgan fingerprint density at radius 3 is 2.92 bits per heavy atom. The molecule has 1 aromatic heterocycles. The Kier molecular flexibility index (Phi) is 1.60. The van der Waals surface area contributed by atoms with E-state index in [9.17, 15) is 4.79 Å². The van der Waals surface area contributed by atoms with Crippen molar-refractivity contribution in [1.82, 2.24) is 9.78 Å². The fourth-order valence-corrected chi connectivity index (χ4v) is 1.25. The average Bonchev–Trinajstić information content (AvgIpc) is 2.78. The summed E-state index contributed by atoms with van der Waals surface area (Å²) in [6.07, 6.45) is 6.69. The third-order valence-corrected chi connectivity index (χ3v) is 2.04. The van der Waals surface area contributed by atoms with Crippen molar-refractivity contribution in [3.05, 3.63) is 12.4 Å². The predicted molar refractivity (Wildman–Crippen MR) is 44.8 cm³/mol. The van der Waals surface area contributed by atoms with Gasteiger partial charge in [0, 0.05) is 19.3 Å². The molecule has 0 unspecified atom stereocenters. The molecule has 2 rings (SSSR count). The molecule has 1 aliphatic carbocycles. The van der Waals surface area contributed by atoms with Crippen LogP contribution in [-0.2, 0) is 11.8 Å². The summed E-state index contributed by atoms with van der Waals surface area (Å²) >= 11 is 0. The molecule has 1 amide bonds. The molecule has 1 saturated carbocycles. The maximum absolute atomic E-state index is 10.7. The number of carbonyl (C=O) groups is 1. The van der Waals surface area contributed by atoms with E-state index in [4.69, 9.17) is 0 Å². The second kappa shape index (κ2) is 2.62. The first-order valence-electron chi connectivity index (χ1n) is 4.03. The van der Waals surface area contributed by atoms with E-state index < -0.39 is 0 Å². The lowest BCUT2D eigenvalue weighted by molar-refractivity contribution is -0.107. The summed E-state index contributed by atoms with van der Waals surface area (Å²) in [5, 5.41) is 4.01. The fraction of sp³-hybridized carbons (Fsp3) is 0.500. The lowest BCUT2D eigenvalue weighted by Gasteiger charge is -2.12. The predicted octanol–water partition coefficient (Wildman–Crippen LogP) is 0.545. The van der Waals surface area contributed by atoms with Gasteiger partial charge in [-0.2, -0.15) is 5.10 Å². The average molecular weight is 165 g/mol.